The topological polar surface area (TPSA) is 80.1 Å². The first-order valence-electron chi connectivity index (χ1n) is 10.1. The molecule has 1 N–H and O–H groups in total. The maximum atomic E-state index is 13.1. The fourth-order valence-electron chi connectivity index (χ4n) is 3.70. The molecule has 1 unspecified atom stereocenters. The molecule has 1 saturated heterocycles. The lowest BCUT2D eigenvalue weighted by Gasteiger charge is -2.34. The third-order valence-electron chi connectivity index (χ3n) is 5.26. The quantitative estimate of drug-likeness (QED) is 0.711. The molecular formula is C21H29N5O2S. The monoisotopic (exact) mass is 415 g/mol. The molecule has 0 aliphatic carbocycles. The van der Waals surface area contributed by atoms with E-state index in [1.54, 1.807) is 35.1 Å². The van der Waals surface area contributed by atoms with Gasteiger partial charge in [0.15, 0.2) is 0 Å². The molecule has 2 amide bonds. The molecule has 0 spiro atoms. The minimum absolute atomic E-state index is 0.0867. The third-order valence-corrected chi connectivity index (χ3v) is 5.55. The first-order chi connectivity index (χ1) is 13.8. The summed E-state index contributed by atoms with van der Waals surface area (Å²) in [6.07, 6.45) is 3.97. The maximum Gasteiger partial charge on any atom is 0.251 e. The Balaban J connectivity index is 1.65. The minimum atomic E-state index is -0.389. The lowest BCUT2D eigenvalue weighted by Crippen LogP contribution is -2.44. The molecule has 156 valence electrons. The van der Waals surface area contributed by atoms with Crippen molar-refractivity contribution in [2.75, 3.05) is 13.1 Å². The highest BCUT2D eigenvalue weighted by Crippen LogP contribution is 2.24. The molecule has 29 heavy (non-hydrogen) atoms. The summed E-state index contributed by atoms with van der Waals surface area (Å²) < 4.78 is 1.64. The maximum absolute atomic E-state index is 13.1. The molecule has 2 atom stereocenters. The van der Waals surface area contributed by atoms with Crippen LogP contribution in [0.5, 0.6) is 0 Å². The molecule has 3 rings (SSSR count). The summed E-state index contributed by atoms with van der Waals surface area (Å²) in [6, 6.07) is 6.60. The number of hydrogen-bond acceptors (Lipinski definition) is 5. The van der Waals surface area contributed by atoms with Crippen LogP contribution >= 0.6 is 12.6 Å². The van der Waals surface area contributed by atoms with E-state index >= 15 is 0 Å². The largest absolute Gasteiger partial charge is 0.346 e. The Bertz CT molecular complexity index is 849. The highest BCUT2D eigenvalue weighted by atomic mass is 32.1. The summed E-state index contributed by atoms with van der Waals surface area (Å²) in [5, 5.41) is 11.2. The Kier molecular flexibility index (Phi) is 6.95. The molecule has 0 saturated carbocycles. The number of piperidine rings is 1. The highest BCUT2D eigenvalue weighted by Gasteiger charge is 2.31. The number of thiol groups is 1. The van der Waals surface area contributed by atoms with Crippen LogP contribution in [0.2, 0.25) is 0 Å². The van der Waals surface area contributed by atoms with Gasteiger partial charge in [-0.15, -0.1) is 17.7 Å². The number of hydrogen-bond donors (Lipinski definition) is 2. The van der Waals surface area contributed by atoms with Crippen molar-refractivity contribution in [2.24, 2.45) is 11.8 Å². The van der Waals surface area contributed by atoms with Crippen molar-refractivity contribution in [2.45, 2.75) is 51.1 Å². The van der Waals surface area contributed by atoms with E-state index < -0.39 is 0 Å². The predicted octanol–water partition coefficient (Wildman–Crippen LogP) is 2.95. The van der Waals surface area contributed by atoms with Crippen molar-refractivity contribution in [3.05, 3.63) is 41.7 Å². The average Bonchev–Trinajstić information content (AvgIpc) is 3.15. The molecule has 1 aromatic heterocycles. The van der Waals surface area contributed by atoms with E-state index in [-0.39, 0.29) is 30.3 Å². The van der Waals surface area contributed by atoms with Gasteiger partial charge in [-0.3, -0.25) is 9.59 Å². The van der Waals surface area contributed by atoms with E-state index in [0.717, 1.165) is 24.4 Å². The van der Waals surface area contributed by atoms with Crippen molar-refractivity contribution in [3.63, 3.8) is 0 Å². The molecule has 1 aliphatic rings. The van der Waals surface area contributed by atoms with Gasteiger partial charge < -0.3 is 10.2 Å². The number of nitrogens with zero attached hydrogens (tertiary/aromatic N) is 4. The SMILES string of the molecule is CC1CCCN(C(=O)[C@H](C(C)C)n2cc(CNC(=O)c3ccc(S)cc3)nn2)C1. The number of carbonyl (C=O) groups excluding carboxylic acids is 2. The van der Waals surface area contributed by atoms with Crippen molar-refractivity contribution in [1.29, 1.82) is 0 Å². The fourth-order valence-corrected chi connectivity index (χ4v) is 3.85. The van der Waals surface area contributed by atoms with Crippen molar-refractivity contribution in [3.8, 4) is 0 Å². The molecule has 1 aromatic carbocycles. The molecule has 7 nitrogen and oxygen atoms in total. The van der Waals surface area contributed by atoms with Crippen LogP contribution in [-0.4, -0.2) is 44.8 Å². The summed E-state index contributed by atoms with van der Waals surface area (Å²) in [5.41, 5.74) is 1.18. The predicted molar refractivity (Wildman–Crippen MR) is 114 cm³/mol. The number of likely N-dealkylation sites (tertiary alicyclic amines) is 1. The molecular weight excluding hydrogens is 386 g/mol. The lowest BCUT2D eigenvalue weighted by atomic mass is 9.97. The first-order valence-corrected chi connectivity index (χ1v) is 10.6. The smallest absolute Gasteiger partial charge is 0.251 e. The molecule has 2 heterocycles. The van der Waals surface area contributed by atoms with Crippen molar-refractivity contribution < 1.29 is 9.59 Å². The molecule has 8 heteroatoms. The number of aromatic nitrogens is 3. The molecule has 2 aromatic rings. The van der Waals surface area contributed by atoms with Crippen LogP contribution in [0.4, 0.5) is 0 Å². The van der Waals surface area contributed by atoms with E-state index in [4.69, 9.17) is 0 Å². The summed E-state index contributed by atoms with van der Waals surface area (Å²) >= 11 is 4.22. The summed E-state index contributed by atoms with van der Waals surface area (Å²) in [5.74, 6) is 0.521. The van der Waals surface area contributed by atoms with Gasteiger partial charge in [0.25, 0.3) is 5.91 Å². The van der Waals surface area contributed by atoms with Gasteiger partial charge in [-0.1, -0.05) is 26.0 Å². The van der Waals surface area contributed by atoms with Crippen LogP contribution < -0.4 is 5.32 Å². The van der Waals surface area contributed by atoms with Gasteiger partial charge in [0, 0.05) is 23.5 Å². The van der Waals surface area contributed by atoms with Gasteiger partial charge in [-0.2, -0.15) is 0 Å². The van der Waals surface area contributed by atoms with Crippen LogP contribution in [-0.2, 0) is 11.3 Å². The van der Waals surface area contributed by atoms with Gasteiger partial charge in [0.1, 0.15) is 11.7 Å². The van der Waals surface area contributed by atoms with Crippen LogP contribution in [0.1, 0.15) is 55.7 Å². The first kappa shape index (κ1) is 21.4. The zero-order chi connectivity index (χ0) is 21.0. The Morgan fingerprint density at radius 1 is 1.28 bits per heavy atom. The Hall–Kier alpha value is -2.35. The van der Waals surface area contributed by atoms with Crippen LogP contribution in [0.3, 0.4) is 0 Å². The zero-order valence-corrected chi connectivity index (χ0v) is 18.1. The van der Waals surface area contributed by atoms with Gasteiger partial charge in [-0.25, -0.2) is 4.68 Å². The summed E-state index contributed by atoms with van der Waals surface area (Å²) in [7, 11) is 0. The Morgan fingerprint density at radius 3 is 2.66 bits per heavy atom. The highest BCUT2D eigenvalue weighted by molar-refractivity contribution is 7.80. The molecule has 0 radical (unpaired) electrons. The van der Waals surface area contributed by atoms with E-state index in [2.05, 4.69) is 35.2 Å². The van der Waals surface area contributed by atoms with Crippen LogP contribution in [0, 0.1) is 11.8 Å². The fraction of sp³-hybridized carbons (Fsp3) is 0.524. The molecule has 1 aliphatic heterocycles. The number of rotatable bonds is 6. The second-order valence-electron chi connectivity index (χ2n) is 8.14. The second-order valence-corrected chi connectivity index (χ2v) is 8.66. The summed E-state index contributed by atoms with van der Waals surface area (Å²) in [6.45, 7) is 8.07. The van der Waals surface area contributed by atoms with Crippen LogP contribution in [0.15, 0.2) is 35.4 Å². The number of amides is 2. The number of nitrogens with one attached hydrogen (secondary N) is 1. The second kappa shape index (κ2) is 9.43. The molecule has 1 fully saturated rings. The van der Waals surface area contributed by atoms with E-state index in [9.17, 15) is 9.59 Å². The van der Waals surface area contributed by atoms with Gasteiger partial charge in [0.05, 0.1) is 12.7 Å². The Morgan fingerprint density at radius 2 is 2.00 bits per heavy atom. The standard InChI is InChI=1S/C21H29N5O2S/c1-14(2)19(21(28)25-10-4-5-15(3)12-25)26-13-17(23-24-26)11-22-20(27)16-6-8-18(29)9-7-16/h6-9,13-15,19,29H,4-5,10-12H2,1-3H3,(H,22,27)/t15?,19-/m0/s1. The van der Waals surface area contributed by atoms with E-state index in [0.29, 0.717) is 17.2 Å². The Labute approximate surface area is 177 Å². The minimum Gasteiger partial charge on any atom is -0.346 e. The van der Waals surface area contributed by atoms with Gasteiger partial charge in [0.2, 0.25) is 5.91 Å². The van der Waals surface area contributed by atoms with E-state index in [1.807, 2.05) is 18.7 Å². The lowest BCUT2D eigenvalue weighted by molar-refractivity contribution is -0.138. The molecule has 0 bridgehead atoms. The summed E-state index contributed by atoms with van der Waals surface area (Å²) in [4.78, 5) is 28.2. The number of benzene rings is 1. The van der Waals surface area contributed by atoms with Crippen molar-refractivity contribution in [1.82, 2.24) is 25.2 Å². The van der Waals surface area contributed by atoms with Gasteiger partial charge >= 0.3 is 0 Å². The number of carbonyl (C=O) groups is 2. The van der Waals surface area contributed by atoms with Crippen LogP contribution in [0.25, 0.3) is 0 Å². The zero-order valence-electron chi connectivity index (χ0n) is 17.2. The third kappa shape index (κ3) is 5.38. The van der Waals surface area contributed by atoms with Crippen molar-refractivity contribution >= 4 is 24.4 Å². The average molecular weight is 416 g/mol. The normalized spacial score (nSPS) is 18.0. The van der Waals surface area contributed by atoms with E-state index in [1.165, 1.54) is 6.42 Å². The van der Waals surface area contributed by atoms with Gasteiger partial charge in [-0.05, 0) is 48.9 Å².